The van der Waals surface area contributed by atoms with E-state index in [0.29, 0.717) is 0 Å². The number of carbonyl (C=O) groups excluding carboxylic acids is 1. The van der Waals surface area contributed by atoms with Gasteiger partial charge in [0, 0.05) is 12.2 Å². The lowest BCUT2D eigenvalue weighted by atomic mass is 9.96. The maximum atomic E-state index is 11.1. The fraction of sp³-hybridized carbons (Fsp3) is 0.375. The third-order valence-electron chi connectivity index (χ3n) is 2.02. The Morgan fingerprint density at radius 1 is 1.55 bits per heavy atom. The van der Waals surface area contributed by atoms with Crippen LogP contribution in [0.2, 0.25) is 0 Å². The van der Waals surface area contributed by atoms with E-state index in [1.54, 1.807) is 6.08 Å². The summed E-state index contributed by atoms with van der Waals surface area (Å²) in [6, 6.07) is 0. The zero-order valence-corrected chi connectivity index (χ0v) is 6.86. The van der Waals surface area contributed by atoms with E-state index >= 15 is 0 Å². The molecule has 0 aromatic heterocycles. The molecule has 0 spiro atoms. The number of ketones is 1. The first-order valence-electron chi connectivity index (χ1n) is 3.54. The first kappa shape index (κ1) is 8.34. The Hall–Kier alpha value is -0.760. The Kier molecular flexibility index (Phi) is 2.35. The zero-order chi connectivity index (χ0) is 6.97. The average molecular weight is 172 g/mol. The van der Waals surface area contributed by atoms with Gasteiger partial charge in [0.25, 0.3) is 0 Å². The molecule has 1 heterocycles. The van der Waals surface area contributed by atoms with E-state index in [1.165, 1.54) is 0 Å². The van der Waals surface area contributed by atoms with E-state index in [0.717, 1.165) is 18.7 Å². The van der Waals surface area contributed by atoms with Crippen molar-refractivity contribution in [3.05, 3.63) is 23.9 Å². The molecule has 2 rings (SSSR count). The van der Waals surface area contributed by atoms with Crippen molar-refractivity contribution < 1.29 is 4.79 Å². The summed E-state index contributed by atoms with van der Waals surface area (Å²) in [5.41, 5.74) is 1.10. The number of hydrogen-bond acceptors (Lipinski definition) is 2. The normalized spacial score (nSPS) is 26.7. The zero-order valence-electron chi connectivity index (χ0n) is 6.04. The number of allylic oxidation sites excluding steroid dienone is 4. The summed E-state index contributed by atoms with van der Waals surface area (Å²) in [5, 5.41) is 3.18. The van der Waals surface area contributed by atoms with Gasteiger partial charge in [0.15, 0.2) is 5.78 Å². The molecule has 2 aliphatic rings. The van der Waals surface area contributed by atoms with Gasteiger partial charge >= 0.3 is 0 Å². The van der Waals surface area contributed by atoms with Gasteiger partial charge in [-0.15, -0.1) is 12.4 Å². The summed E-state index contributed by atoms with van der Waals surface area (Å²) < 4.78 is 0. The van der Waals surface area contributed by atoms with Crippen LogP contribution >= 0.6 is 12.4 Å². The van der Waals surface area contributed by atoms with Crippen molar-refractivity contribution in [1.29, 1.82) is 0 Å². The fourth-order valence-electron chi connectivity index (χ4n) is 1.47. The maximum Gasteiger partial charge on any atom is 0.164 e. The van der Waals surface area contributed by atoms with Crippen molar-refractivity contribution >= 4 is 18.2 Å². The lowest BCUT2D eigenvalue weighted by molar-refractivity contribution is -0.117. The minimum atomic E-state index is 0. The molecule has 0 radical (unpaired) electrons. The van der Waals surface area contributed by atoms with Crippen LogP contribution < -0.4 is 5.32 Å². The average Bonchev–Trinajstić information content (AvgIpc) is 2.36. The molecule has 1 atom stereocenters. The molecule has 1 aliphatic carbocycles. The molecule has 2 nitrogen and oxygen atoms in total. The Morgan fingerprint density at radius 3 is 3.09 bits per heavy atom. The minimum Gasteiger partial charge on any atom is -0.388 e. The van der Waals surface area contributed by atoms with Crippen LogP contribution in [0, 0.1) is 5.92 Å². The van der Waals surface area contributed by atoms with E-state index in [9.17, 15) is 4.79 Å². The molecule has 0 aromatic carbocycles. The van der Waals surface area contributed by atoms with Gasteiger partial charge in [-0.25, -0.2) is 0 Å². The molecule has 3 heteroatoms. The highest BCUT2D eigenvalue weighted by molar-refractivity contribution is 5.95. The molecule has 0 amide bonds. The van der Waals surface area contributed by atoms with Gasteiger partial charge in [-0.05, 0) is 18.6 Å². The minimum absolute atomic E-state index is 0. The van der Waals surface area contributed by atoms with E-state index in [2.05, 4.69) is 5.32 Å². The standard InChI is InChI=1S/C8H9NO.ClH/c10-8-3-1-2-7-6(8)4-5-9-7;/h1-3,6,9H,4-5H2;1H. The van der Waals surface area contributed by atoms with Gasteiger partial charge in [-0.3, -0.25) is 4.79 Å². The highest BCUT2D eigenvalue weighted by Crippen LogP contribution is 2.23. The van der Waals surface area contributed by atoms with E-state index in [4.69, 9.17) is 0 Å². The van der Waals surface area contributed by atoms with Gasteiger partial charge in [-0.2, -0.15) is 0 Å². The molecule has 0 saturated carbocycles. The van der Waals surface area contributed by atoms with Crippen LogP contribution in [0.25, 0.3) is 0 Å². The second kappa shape index (κ2) is 3.09. The second-order valence-electron chi connectivity index (χ2n) is 2.65. The van der Waals surface area contributed by atoms with Crippen LogP contribution in [0.5, 0.6) is 0 Å². The van der Waals surface area contributed by atoms with E-state index < -0.39 is 0 Å². The van der Waals surface area contributed by atoms with Crippen LogP contribution in [0.3, 0.4) is 0 Å². The first-order chi connectivity index (χ1) is 4.88. The predicted octanol–water partition coefficient (Wildman–Crippen LogP) is 1.04. The largest absolute Gasteiger partial charge is 0.388 e. The summed E-state index contributed by atoms with van der Waals surface area (Å²) in [6.45, 7) is 0.948. The highest BCUT2D eigenvalue weighted by Gasteiger charge is 2.26. The quantitative estimate of drug-likeness (QED) is 0.590. The first-order valence-corrected chi connectivity index (χ1v) is 3.54. The number of halogens is 1. The molecule has 11 heavy (non-hydrogen) atoms. The molecule has 60 valence electrons. The molecule has 1 fully saturated rings. The molecule has 1 N–H and O–H groups in total. The van der Waals surface area contributed by atoms with Gasteiger partial charge in [-0.1, -0.05) is 6.08 Å². The molecule has 0 bridgehead atoms. The van der Waals surface area contributed by atoms with Crippen LogP contribution in [0.4, 0.5) is 0 Å². The van der Waals surface area contributed by atoms with E-state index in [1.807, 2.05) is 12.2 Å². The van der Waals surface area contributed by atoms with Crippen molar-refractivity contribution in [2.75, 3.05) is 6.54 Å². The smallest absolute Gasteiger partial charge is 0.164 e. The number of nitrogens with one attached hydrogen (secondary N) is 1. The lowest BCUT2D eigenvalue weighted by Crippen LogP contribution is -2.15. The molecular weight excluding hydrogens is 162 g/mol. The summed E-state index contributed by atoms with van der Waals surface area (Å²) >= 11 is 0. The van der Waals surface area contributed by atoms with Crippen molar-refractivity contribution in [2.24, 2.45) is 5.92 Å². The van der Waals surface area contributed by atoms with Crippen LogP contribution in [0.1, 0.15) is 6.42 Å². The summed E-state index contributed by atoms with van der Waals surface area (Å²) in [6.07, 6.45) is 6.42. The third kappa shape index (κ3) is 1.31. The van der Waals surface area contributed by atoms with Crippen molar-refractivity contribution in [3.63, 3.8) is 0 Å². The number of fused-ring (bicyclic) bond motifs is 1. The van der Waals surface area contributed by atoms with Crippen LogP contribution in [-0.2, 0) is 4.79 Å². The molecule has 1 unspecified atom stereocenters. The topological polar surface area (TPSA) is 29.1 Å². The summed E-state index contributed by atoms with van der Waals surface area (Å²) in [4.78, 5) is 11.1. The van der Waals surface area contributed by atoms with Crippen LogP contribution in [-0.4, -0.2) is 12.3 Å². The Balaban J connectivity index is 0.000000605. The lowest BCUT2D eigenvalue weighted by Gasteiger charge is -2.09. The highest BCUT2D eigenvalue weighted by atomic mass is 35.5. The molecule has 1 saturated heterocycles. The van der Waals surface area contributed by atoms with Crippen molar-refractivity contribution in [1.82, 2.24) is 5.32 Å². The number of carbonyl (C=O) groups is 1. The van der Waals surface area contributed by atoms with Gasteiger partial charge in [0.05, 0.1) is 5.92 Å². The fourth-order valence-corrected chi connectivity index (χ4v) is 1.47. The molecule has 1 aliphatic heterocycles. The Morgan fingerprint density at radius 2 is 2.36 bits per heavy atom. The van der Waals surface area contributed by atoms with Crippen molar-refractivity contribution in [2.45, 2.75) is 6.42 Å². The summed E-state index contributed by atoms with van der Waals surface area (Å²) in [5.74, 6) is 0.410. The molecular formula is C8H10ClNO. The SMILES string of the molecule is Cl.O=C1C=CC=C2NCCC12. The van der Waals surface area contributed by atoms with E-state index in [-0.39, 0.29) is 24.1 Å². The van der Waals surface area contributed by atoms with Gasteiger partial charge in [0.2, 0.25) is 0 Å². The van der Waals surface area contributed by atoms with Crippen molar-refractivity contribution in [3.8, 4) is 0 Å². The van der Waals surface area contributed by atoms with Crippen LogP contribution in [0.15, 0.2) is 23.9 Å². The third-order valence-corrected chi connectivity index (χ3v) is 2.02. The number of rotatable bonds is 0. The van der Waals surface area contributed by atoms with Gasteiger partial charge in [0.1, 0.15) is 0 Å². The summed E-state index contributed by atoms with van der Waals surface area (Å²) in [7, 11) is 0. The predicted molar refractivity (Wildman–Crippen MR) is 45.6 cm³/mol. The Bertz CT molecular complexity index is 232. The Labute approximate surface area is 71.8 Å². The molecule has 0 aromatic rings. The maximum absolute atomic E-state index is 11.1. The monoisotopic (exact) mass is 171 g/mol. The number of hydrogen-bond donors (Lipinski definition) is 1. The second-order valence-corrected chi connectivity index (χ2v) is 2.65. The van der Waals surface area contributed by atoms with Gasteiger partial charge < -0.3 is 5.32 Å².